The third-order valence-electron chi connectivity index (χ3n) is 2.98. The zero-order valence-corrected chi connectivity index (χ0v) is 11.2. The van der Waals surface area contributed by atoms with Crippen LogP contribution in [-0.4, -0.2) is 38.7 Å². The van der Waals surface area contributed by atoms with Crippen molar-refractivity contribution in [2.75, 3.05) is 18.0 Å². The molecule has 2 N–H and O–H groups in total. The van der Waals surface area contributed by atoms with Crippen LogP contribution in [0, 0.1) is 6.92 Å². The lowest BCUT2D eigenvalue weighted by atomic mass is 10.3. The summed E-state index contributed by atoms with van der Waals surface area (Å²) in [6.45, 7) is 7.78. The van der Waals surface area contributed by atoms with Gasteiger partial charge in [-0.05, 0) is 33.7 Å². The molecule has 0 bridgehead atoms. The molecule has 0 radical (unpaired) electrons. The molecular weight excluding hydrogens is 228 g/mol. The average Bonchev–Trinajstić information content (AvgIpc) is 2.72. The highest BCUT2D eigenvalue weighted by molar-refractivity contribution is 5.64. The van der Waals surface area contributed by atoms with Gasteiger partial charge in [0.1, 0.15) is 5.82 Å². The predicted octanol–water partition coefficient (Wildman–Crippen LogP) is 0.996. The van der Waals surface area contributed by atoms with Gasteiger partial charge in [-0.15, -0.1) is 10.2 Å². The van der Waals surface area contributed by atoms with Crippen molar-refractivity contribution in [3.05, 3.63) is 18.2 Å². The number of aryl methyl sites for hydroxylation is 1. The quantitative estimate of drug-likeness (QED) is 0.854. The first-order chi connectivity index (χ1) is 8.65. The van der Waals surface area contributed by atoms with Crippen molar-refractivity contribution in [2.24, 2.45) is 5.73 Å². The minimum Gasteiger partial charge on any atom is -0.351 e. The van der Waals surface area contributed by atoms with E-state index >= 15 is 0 Å². The van der Waals surface area contributed by atoms with E-state index in [9.17, 15) is 0 Å². The maximum atomic E-state index is 5.59. The van der Waals surface area contributed by atoms with Crippen LogP contribution in [0.15, 0.2) is 12.4 Å². The first-order valence-corrected chi connectivity index (χ1v) is 6.28. The molecule has 0 unspecified atom stereocenters. The van der Waals surface area contributed by atoms with Crippen LogP contribution >= 0.6 is 0 Å². The summed E-state index contributed by atoms with van der Waals surface area (Å²) in [5.41, 5.74) is 6.40. The van der Waals surface area contributed by atoms with Crippen LogP contribution in [-0.2, 0) is 0 Å². The van der Waals surface area contributed by atoms with Gasteiger partial charge in [-0.2, -0.15) is 0 Å². The zero-order valence-electron chi connectivity index (χ0n) is 11.2. The maximum Gasteiger partial charge on any atom is 0.203 e. The van der Waals surface area contributed by atoms with E-state index in [0.717, 1.165) is 30.3 Å². The van der Waals surface area contributed by atoms with Crippen molar-refractivity contribution in [2.45, 2.75) is 33.2 Å². The van der Waals surface area contributed by atoms with E-state index in [1.54, 1.807) is 6.20 Å². The molecule has 2 heterocycles. The fourth-order valence-corrected chi connectivity index (χ4v) is 2.00. The van der Waals surface area contributed by atoms with E-state index in [1.807, 2.05) is 17.5 Å². The van der Waals surface area contributed by atoms with E-state index in [1.165, 1.54) is 0 Å². The largest absolute Gasteiger partial charge is 0.351 e. The normalized spacial score (nSPS) is 11.4. The molecule has 0 atom stereocenters. The lowest BCUT2D eigenvalue weighted by Crippen LogP contribution is -2.34. The summed E-state index contributed by atoms with van der Waals surface area (Å²) in [5.74, 6) is 1.75. The average molecular weight is 248 g/mol. The molecule has 0 spiro atoms. The van der Waals surface area contributed by atoms with Gasteiger partial charge in [0.05, 0.1) is 0 Å². The summed E-state index contributed by atoms with van der Waals surface area (Å²) in [4.78, 5) is 6.68. The molecule has 0 saturated heterocycles. The Kier molecular flexibility index (Phi) is 3.76. The van der Waals surface area contributed by atoms with Gasteiger partial charge in [0.25, 0.3) is 0 Å². The monoisotopic (exact) mass is 248 g/mol. The van der Waals surface area contributed by atoms with Crippen molar-refractivity contribution in [3.63, 3.8) is 0 Å². The van der Waals surface area contributed by atoms with Crippen LogP contribution < -0.4 is 10.6 Å². The van der Waals surface area contributed by atoms with Crippen LogP contribution in [0.25, 0.3) is 5.65 Å². The van der Waals surface area contributed by atoms with Crippen LogP contribution in [0.1, 0.15) is 26.1 Å². The fourth-order valence-electron chi connectivity index (χ4n) is 2.00. The molecule has 0 saturated carbocycles. The summed E-state index contributed by atoms with van der Waals surface area (Å²) < 4.78 is 1.96. The topological polar surface area (TPSA) is 72.3 Å². The molecule has 6 heteroatoms. The molecule has 2 rings (SSSR count). The Morgan fingerprint density at radius 3 is 2.83 bits per heavy atom. The van der Waals surface area contributed by atoms with E-state index in [4.69, 9.17) is 5.73 Å². The zero-order chi connectivity index (χ0) is 13.1. The third-order valence-corrected chi connectivity index (χ3v) is 2.98. The lowest BCUT2D eigenvalue weighted by molar-refractivity contribution is 0.649. The smallest absolute Gasteiger partial charge is 0.203 e. The Hall–Kier alpha value is -1.69. The second-order valence-electron chi connectivity index (χ2n) is 4.62. The Balaban J connectivity index is 2.43. The van der Waals surface area contributed by atoms with E-state index in [0.29, 0.717) is 12.6 Å². The van der Waals surface area contributed by atoms with Crippen LogP contribution in [0.3, 0.4) is 0 Å². The standard InChI is InChI=1S/C12H20N6/c1-9(2)17(7-4-5-13)11-12-16-15-10(3)18(12)8-6-14-11/h6,8-9H,4-5,7,13H2,1-3H3. The van der Waals surface area contributed by atoms with Crippen LogP contribution in [0.4, 0.5) is 5.82 Å². The van der Waals surface area contributed by atoms with Crippen molar-refractivity contribution in [1.82, 2.24) is 19.6 Å². The highest BCUT2D eigenvalue weighted by atomic mass is 15.3. The number of anilines is 1. The first-order valence-electron chi connectivity index (χ1n) is 6.28. The van der Waals surface area contributed by atoms with Gasteiger partial charge in [0, 0.05) is 25.0 Å². The van der Waals surface area contributed by atoms with Gasteiger partial charge in [0.2, 0.25) is 5.65 Å². The molecule has 2 aromatic rings. The Labute approximate surface area is 107 Å². The minimum atomic E-state index is 0.354. The molecule has 18 heavy (non-hydrogen) atoms. The first kappa shape index (κ1) is 12.8. The molecule has 0 aromatic carbocycles. The summed E-state index contributed by atoms with van der Waals surface area (Å²) in [6, 6.07) is 0.354. The maximum absolute atomic E-state index is 5.59. The van der Waals surface area contributed by atoms with E-state index < -0.39 is 0 Å². The minimum absolute atomic E-state index is 0.354. The van der Waals surface area contributed by atoms with Gasteiger partial charge in [0.15, 0.2) is 5.82 Å². The molecule has 0 aliphatic heterocycles. The number of nitrogens with two attached hydrogens (primary N) is 1. The molecule has 6 nitrogen and oxygen atoms in total. The number of aromatic nitrogens is 4. The lowest BCUT2D eigenvalue weighted by Gasteiger charge is -2.27. The third kappa shape index (κ3) is 2.28. The summed E-state index contributed by atoms with van der Waals surface area (Å²) >= 11 is 0. The number of fused-ring (bicyclic) bond motifs is 1. The summed E-state index contributed by atoms with van der Waals surface area (Å²) in [6.07, 6.45) is 4.61. The molecular formula is C12H20N6. The number of hydrogen-bond acceptors (Lipinski definition) is 5. The molecule has 2 aromatic heterocycles. The van der Waals surface area contributed by atoms with Gasteiger partial charge >= 0.3 is 0 Å². The van der Waals surface area contributed by atoms with Gasteiger partial charge in [-0.1, -0.05) is 0 Å². The van der Waals surface area contributed by atoms with Crippen molar-refractivity contribution in [1.29, 1.82) is 0 Å². The summed E-state index contributed by atoms with van der Waals surface area (Å²) in [5, 5.41) is 8.31. The highest BCUT2D eigenvalue weighted by Crippen LogP contribution is 2.19. The molecule has 0 aliphatic rings. The molecule has 0 aliphatic carbocycles. The van der Waals surface area contributed by atoms with Gasteiger partial charge in [-0.3, -0.25) is 4.40 Å². The number of rotatable bonds is 5. The SMILES string of the molecule is Cc1nnc2c(N(CCCN)C(C)C)nccn12. The van der Waals surface area contributed by atoms with E-state index in [-0.39, 0.29) is 0 Å². The Morgan fingerprint density at radius 1 is 1.39 bits per heavy atom. The van der Waals surface area contributed by atoms with Crippen molar-refractivity contribution >= 4 is 11.5 Å². The summed E-state index contributed by atoms with van der Waals surface area (Å²) in [7, 11) is 0. The fraction of sp³-hybridized carbons (Fsp3) is 0.583. The number of hydrogen-bond donors (Lipinski definition) is 1. The highest BCUT2D eigenvalue weighted by Gasteiger charge is 2.17. The van der Waals surface area contributed by atoms with Crippen LogP contribution in [0.2, 0.25) is 0 Å². The second-order valence-corrected chi connectivity index (χ2v) is 4.62. The molecule has 0 fully saturated rings. The Bertz CT molecular complexity index is 518. The molecule has 98 valence electrons. The Morgan fingerprint density at radius 2 is 2.17 bits per heavy atom. The predicted molar refractivity (Wildman–Crippen MR) is 71.7 cm³/mol. The van der Waals surface area contributed by atoms with E-state index in [2.05, 4.69) is 33.9 Å². The molecule has 0 amide bonds. The second kappa shape index (κ2) is 5.30. The number of nitrogens with zero attached hydrogens (tertiary/aromatic N) is 5. The van der Waals surface area contributed by atoms with Crippen LogP contribution in [0.5, 0.6) is 0 Å². The van der Waals surface area contributed by atoms with Crippen molar-refractivity contribution < 1.29 is 0 Å². The van der Waals surface area contributed by atoms with Crippen molar-refractivity contribution in [3.8, 4) is 0 Å². The van der Waals surface area contributed by atoms with Gasteiger partial charge < -0.3 is 10.6 Å². The van der Waals surface area contributed by atoms with Gasteiger partial charge in [-0.25, -0.2) is 4.98 Å².